The molecule has 6 nitrogen and oxygen atoms in total. The van der Waals surface area contributed by atoms with Crippen LogP contribution in [0, 0.1) is 6.92 Å². The number of hydrogen-bond donors (Lipinski definition) is 2. The maximum atomic E-state index is 12.2. The second kappa shape index (κ2) is 7.79. The summed E-state index contributed by atoms with van der Waals surface area (Å²) in [5, 5.41) is 8.74. The number of nitrogens with one attached hydrogen (secondary N) is 2. The third kappa shape index (κ3) is 4.25. The van der Waals surface area contributed by atoms with Crippen LogP contribution in [-0.2, 0) is 0 Å². The van der Waals surface area contributed by atoms with Gasteiger partial charge in [-0.3, -0.25) is 9.59 Å². The van der Waals surface area contributed by atoms with Crippen molar-refractivity contribution in [1.82, 2.24) is 5.43 Å². The van der Waals surface area contributed by atoms with Gasteiger partial charge < -0.3 is 9.73 Å². The fraction of sp³-hybridized carbons (Fsp3) is 0.105. The highest BCUT2D eigenvalue weighted by atomic mass is 32.1. The monoisotopic (exact) mass is 367 g/mol. The highest BCUT2D eigenvalue weighted by Gasteiger charge is 2.11. The third-order valence-corrected chi connectivity index (χ3v) is 4.44. The molecule has 7 heteroatoms. The highest BCUT2D eigenvalue weighted by Crippen LogP contribution is 2.15. The Bertz CT molecular complexity index is 958. The Morgan fingerprint density at radius 3 is 2.62 bits per heavy atom. The highest BCUT2D eigenvalue weighted by molar-refractivity contribution is 7.12. The number of carbonyl (C=O) groups is 2. The van der Waals surface area contributed by atoms with Gasteiger partial charge in [-0.2, -0.15) is 5.10 Å². The Hall–Kier alpha value is -3.19. The molecular weight excluding hydrogens is 350 g/mol. The Balaban J connectivity index is 1.69. The Morgan fingerprint density at radius 1 is 1.08 bits per heavy atom. The zero-order valence-corrected chi connectivity index (χ0v) is 15.1. The van der Waals surface area contributed by atoms with Gasteiger partial charge in [0.25, 0.3) is 11.8 Å². The van der Waals surface area contributed by atoms with E-state index in [-0.39, 0.29) is 17.6 Å². The van der Waals surface area contributed by atoms with Crippen LogP contribution in [0.15, 0.2) is 63.4 Å². The van der Waals surface area contributed by atoms with E-state index in [1.807, 2.05) is 17.5 Å². The lowest BCUT2D eigenvalue weighted by atomic mass is 10.1. The number of furan rings is 1. The van der Waals surface area contributed by atoms with Crippen molar-refractivity contribution in [3.63, 3.8) is 0 Å². The van der Waals surface area contributed by atoms with Crippen LogP contribution in [0.4, 0.5) is 5.69 Å². The molecule has 3 aromatic rings. The molecule has 0 bridgehead atoms. The van der Waals surface area contributed by atoms with Crippen molar-refractivity contribution in [3.05, 3.63) is 75.9 Å². The van der Waals surface area contributed by atoms with Crippen LogP contribution in [-0.4, -0.2) is 17.5 Å². The van der Waals surface area contributed by atoms with Crippen molar-refractivity contribution in [1.29, 1.82) is 0 Å². The number of benzene rings is 1. The van der Waals surface area contributed by atoms with Gasteiger partial charge in [0.15, 0.2) is 5.76 Å². The molecule has 26 heavy (non-hydrogen) atoms. The van der Waals surface area contributed by atoms with Gasteiger partial charge >= 0.3 is 0 Å². The molecule has 0 radical (unpaired) electrons. The lowest BCUT2D eigenvalue weighted by molar-refractivity contribution is 0.0957. The predicted molar refractivity (Wildman–Crippen MR) is 102 cm³/mol. The summed E-state index contributed by atoms with van der Waals surface area (Å²) in [5.41, 5.74) is 4.55. The van der Waals surface area contributed by atoms with Gasteiger partial charge in [-0.25, -0.2) is 5.43 Å². The number of nitrogens with zero attached hydrogens (tertiary/aromatic N) is 1. The van der Waals surface area contributed by atoms with Gasteiger partial charge in [-0.05, 0) is 55.1 Å². The molecular formula is C19H17N3O3S. The molecule has 0 atom stereocenters. The minimum Gasteiger partial charge on any atom is -0.456 e. The van der Waals surface area contributed by atoms with Crippen LogP contribution in [0.1, 0.15) is 38.5 Å². The van der Waals surface area contributed by atoms with Crippen LogP contribution in [0.3, 0.4) is 0 Å². The number of amides is 2. The normalized spacial score (nSPS) is 11.2. The molecule has 2 amide bonds. The lowest BCUT2D eigenvalue weighted by Gasteiger charge is -2.06. The molecule has 0 aliphatic heterocycles. The van der Waals surface area contributed by atoms with E-state index < -0.39 is 0 Å². The molecule has 0 saturated carbocycles. The first-order chi connectivity index (χ1) is 12.5. The van der Waals surface area contributed by atoms with Crippen LogP contribution in [0.5, 0.6) is 0 Å². The summed E-state index contributed by atoms with van der Waals surface area (Å²) in [7, 11) is 0. The van der Waals surface area contributed by atoms with E-state index in [0.717, 1.165) is 5.56 Å². The number of anilines is 1. The minimum absolute atomic E-state index is 0.251. The van der Waals surface area contributed by atoms with E-state index in [2.05, 4.69) is 15.8 Å². The topological polar surface area (TPSA) is 83.7 Å². The number of hydrazone groups is 1. The summed E-state index contributed by atoms with van der Waals surface area (Å²) >= 11 is 1.35. The van der Waals surface area contributed by atoms with Gasteiger partial charge in [0.1, 0.15) is 5.76 Å². The van der Waals surface area contributed by atoms with Crippen molar-refractivity contribution >= 4 is 34.6 Å². The van der Waals surface area contributed by atoms with Crippen molar-refractivity contribution in [2.24, 2.45) is 5.10 Å². The molecule has 0 spiro atoms. The quantitative estimate of drug-likeness (QED) is 0.527. The molecule has 0 unspecified atom stereocenters. The Kier molecular flexibility index (Phi) is 5.28. The average Bonchev–Trinajstić information content (AvgIpc) is 3.31. The molecule has 2 N–H and O–H groups in total. The van der Waals surface area contributed by atoms with Gasteiger partial charge in [0.05, 0.1) is 10.6 Å². The lowest BCUT2D eigenvalue weighted by Crippen LogP contribution is -2.18. The van der Waals surface area contributed by atoms with Crippen molar-refractivity contribution in [2.45, 2.75) is 13.8 Å². The summed E-state index contributed by atoms with van der Waals surface area (Å²) in [6, 6.07) is 14.1. The zero-order chi connectivity index (χ0) is 18.5. The smallest absolute Gasteiger partial charge is 0.291 e. The van der Waals surface area contributed by atoms with Crippen molar-refractivity contribution < 1.29 is 14.0 Å². The molecule has 0 aliphatic rings. The molecule has 1 aromatic carbocycles. The van der Waals surface area contributed by atoms with Crippen molar-refractivity contribution in [3.8, 4) is 0 Å². The van der Waals surface area contributed by atoms with Crippen LogP contribution in [0.25, 0.3) is 0 Å². The van der Waals surface area contributed by atoms with Crippen LogP contribution < -0.4 is 10.7 Å². The van der Waals surface area contributed by atoms with Crippen LogP contribution >= 0.6 is 11.3 Å². The molecule has 0 aliphatic carbocycles. The molecule has 132 valence electrons. The third-order valence-electron chi connectivity index (χ3n) is 3.57. The van der Waals surface area contributed by atoms with Gasteiger partial charge in [-0.15, -0.1) is 11.3 Å². The molecule has 0 fully saturated rings. The van der Waals surface area contributed by atoms with E-state index in [9.17, 15) is 9.59 Å². The average molecular weight is 367 g/mol. The minimum atomic E-state index is -0.323. The first kappa shape index (κ1) is 17.6. The Morgan fingerprint density at radius 2 is 1.92 bits per heavy atom. The molecule has 0 saturated heterocycles. The summed E-state index contributed by atoms with van der Waals surface area (Å²) in [5.74, 6) is 0.350. The Labute approximate surface area is 154 Å². The summed E-state index contributed by atoms with van der Waals surface area (Å²) in [6.45, 7) is 3.56. The standard InChI is InChI=1S/C19H17N3O3S/c1-12-8-9-16(25-12)18(23)20-15-6-3-5-14(11-15)13(2)21-22-19(24)17-7-4-10-26-17/h3-11H,1-2H3,(H,20,23)(H,22,24). The second-order valence-electron chi connectivity index (χ2n) is 5.56. The summed E-state index contributed by atoms with van der Waals surface area (Å²) in [4.78, 5) is 24.7. The molecule has 3 rings (SSSR count). The SMILES string of the molecule is CC(=NNC(=O)c1cccs1)c1cccc(NC(=O)c2ccc(C)o2)c1. The summed E-state index contributed by atoms with van der Waals surface area (Å²) in [6.07, 6.45) is 0. The fourth-order valence-electron chi connectivity index (χ4n) is 2.23. The van der Waals surface area contributed by atoms with Gasteiger partial charge in [0, 0.05) is 5.69 Å². The number of rotatable bonds is 5. The van der Waals surface area contributed by atoms with Crippen LogP contribution in [0.2, 0.25) is 0 Å². The fourth-order valence-corrected chi connectivity index (χ4v) is 2.85. The largest absolute Gasteiger partial charge is 0.456 e. The molecule has 2 heterocycles. The second-order valence-corrected chi connectivity index (χ2v) is 6.51. The zero-order valence-electron chi connectivity index (χ0n) is 14.3. The maximum absolute atomic E-state index is 12.2. The van der Waals surface area contributed by atoms with E-state index >= 15 is 0 Å². The number of aryl methyl sites for hydroxylation is 1. The first-order valence-electron chi connectivity index (χ1n) is 7.89. The van der Waals surface area contributed by atoms with E-state index in [4.69, 9.17) is 4.42 Å². The maximum Gasteiger partial charge on any atom is 0.291 e. The number of thiophene rings is 1. The number of hydrogen-bond acceptors (Lipinski definition) is 5. The number of carbonyl (C=O) groups excluding carboxylic acids is 2. The van der Waals surface area contributed by atoms with E-state index in [0.29, 0.717) is 22.0 Å². The van der Waals surface area contributed by atoms with E-state index in [1.165, 1.54) is 11.3 Å². The van der Waals surface area contributed by atoms with Gasteiger partial charge in [0.2, 0.25) is 0 Å². The molecule has 2 aromatic heterocycles. The first-order valence-corrected chi connectivity index (χ1v) is 8.77. The van der Waals surface area contributed by atoms with E-state index in [1.54, 1.807) is 50.2 Å². The van der Waals surface area contributed by atoms with Crippen molar-refractivity contribution in [2.75, 3.05) is 5.32 Å². The van der Waals surface area contributed by atoms with Gasteiger partial charge in [-0.1, -0.05) is 18.2 Å². The summed E-state index contributed by atoms with van der Waals surface area (Å²) < 4.78 is 5.31. The predicted octanol–water partition coefficient (Wildman–Crippen LogP) is 4.06.